The Labute approximate surface area is 158 Å². The van der Waals surface area contributed by atoms with Gasteiger partial charge in [-0.25, -0.2) is 9.98 Å². The van der Waals surface area contributed by atoms with Crippen LogP contribution in [0.3, 0.4) is 0 Å². The van der Waals surface area contributed by atoms with E-state index in [9.17, 15) is 0 Å². The lowest BCUT2D eigenvalue weighted by Crippen LogP contribution is -2.40. The van der Waals surface area contributed by atoms with Crippen molar-refractivity contribution in [1.82, 2.24) is 4.98 Å². The van der Waals surface area contributed by atoms with Crippen LogP contribution in [0.15, 0.2) is 23.3 Å². The number of fused-ring (bicyclic) bond motifs is 3. The van der Waals surface area contributed by atoms with Gasteiger partial charge in [0.25, 0.3) is 0 Å². The normalized spacial score (nSPS) is 18.5. The van der Waals surface area contributed by atoms with Gasteiger partial charge in [-0.1, -0.05) is 19.4 Å². The van der Waals surface area contributed by atoms with Crippen LogP contribution in [-0.4, -0.2) is 30.0 Å². The number of thiophene rings is 1. The predicted octanol–water partition coefficient (Wildman–Crippen LogP) is 3.34. The number of piperidine rings is 1. The van der Waals surface area contributed by atoms with Crippen molar-refractivity contribution in [1.29, 1.82) is 0 Å². The van der Waals surface area contributed by atoms with Crippen LogP contribution >= 0.6 is 11.3 Å². The molecule has 1 fully saturated rings. The van der Waals surface area contributed by atoms with E-state index >= 15 is 0 Å². The van der Waals surface area contributed by atoms with Crippen LogP contribution in [-0.2, 0) is 12.8 Å². The molecular weight excluding hydrogens is 342 g/mol. The zero-order valence-corrected chi connectivity index (χ0v) is 16.2. The van der Waals surface area contributed by atoms with E-state index < -0.39 is 0 Å². The first-order chi connectivity index (χ1) is 12.7. The lowest BCUT2D eigenvalue weighted by atomic mass is 9.99. The van der Waals surface area contributed by atoms with Crippen molar-refractivity contribution >= 4 is 33.2 Å². The molecule has 2 aromatic rings. The molecule has 0 aliphatic carbocycles. The van der Waals surface area contributed by atoms with Crippen molar-refractivity contribution in [3.8, 4) is 0 Å². The SMILES string of the molecule is CCCc1cc(N2CCC(N)CC2)nc2sc3c(c12)CCC=CN=C3N. The van der Waals surface area contributed by atoms with Crippen LogP contribution in [0.4, 0.5) is 5.82 Å². The maximum Gasteiger partial charge on any atom is 0.141 e. The minimum atomic E-state index is 0.329. The number of hydrogen-bond acceptors (Lipinski definition) is 6. The minimum absolute atomic E-state index is 0.329. The summed E-state index contributed by atoms with van der Waals surface area (Å²) < 4.78 is 0. The van der Waals surface area contributed by atoms with Gasteiger partial charge < -0.3 is 16.4 Å². The van der Waals surface area contributed by atoms with E-state index in [4.69, 9.17) is 16.5 Å². The molecule has 26 heavy (non-hydrogen) atoms. The summed E-state index contributed by atoms with van der Waals surface area (Å²) in [4.78, 5) is 14.0. The Bertz CT molecular complexity index is 859. The molecule has 0 unspecified atom stereocenters. The standard InChI is InChI=1S/C20H27N5S/c1-2-5-13-12-16(25-10-7-14(21)8-11-25)24-20-17(13)15-6-3-4-9-23-19(22)18(15)26-20/h4,9,12,14H,2-3,5-8,10-11,21H2,1H3,(H2,22,23). The Morgan fingerprint density at radius 1 is 1.31 bits per heavy atom. The average molecular weight is 370 g/mol. The van der Waals surface area contributed by atoms with E-state index in [2.05, 4.69) is 29.0 Å². The molecular formula is C20H27N5S. The molecule has 6 heteroatoms. The zero-order chi connectivity index (χ0) is 18.1. The highest BCUT2D eigenvalue weighted by molar-refractivity contribution is 7.20. The largest absolute Gasteiger partial charge is 0.383 e. The molecule has 0 aromatic carbocycles. The summed E-state index contributed by atoms with van der Waals surface area (Å²) in [6, 6.07) is 2.63. The van der Waals surface area contributed by atoms with Gasteiger partial charge in [0.15, 0.2) is 0 Å². The topological polar surface area (TPSA) is 80.5 Å². The summed E-state index contributed by atoms with van der Waals surface area (Å²) in [6.45, 7) is 4.22. The molecule has 0 amide bonds. The molecule has 0 bridgehead atoms. The summed E-state index contributed by atoms with van der Waals surface area (Å²) in [6.07, 6.45) is 10.2. The first-order valence-electron chi connectivity index (χ1n) is 9.61. The maximum absolute atomic E-state index is 6.26. The quantitative estimate of drug-likeness (QED) is 0.869. The van der Waals surface area contributed by atoms with Crippen molar-refractivity contribution in [2.24, 2.45) is 16.5 Å². The molecule has 1 saturated heterocycles. The fourth-order valence-electron chi connectivity index (χ4n) is 3.92. The molecule has 0 spiro atoms. The van der Waals surface area contributed by atoms with Crippen LogP contribution in [0, 0.1) is 0 Å². The number of hydrogen-bond donors (Lipinski definition) is 2. The van der Waals surface area contributed by atoms with E-state index in [1.54, 1.807) is 11.3 Å². The van der Waals surface area contributed by atoms with E-state index in [-0.39, 0.29) is 0 Å². The molecule has 0 atom stereocenters. The van der Waals surface area contributed by atoms with E-state index in [1.807, 2.05) is 6.20 Å². The first kappa shape index (κ1) is 17.5. The molecule has 0 radical (unpaired) electrons. The van der Waals surface area contributed by atoms with Gasteiger partial charge in [0, 0.05) is 30.7 Å². The maximum atomic E-state index is 6.26. The number of aryl methyl sites for hydroxylation is 2. The molecule has 0 saturated carbocycles. The minimum Gasteiger partial charge on any atom is -0.383 e. The molecule has 4 heterocycles. The van der Waals surface area contributed by atoms with Crippen molar-refractivity contribution in [3.63, 3.8) is 0 Å². The van der Waals surface area contributed by atoms with Gasteiger partial charge in [-0.05, 0) is 49.3 Å². The molecule has 138 valence electrons. The highest BCUT2D eigenvalue weighted by Crippen LogP contribution is 2.37. The van der Waals surface area contributed by atoms with Gasteiger partial charge >= 0.3 is 0 Å². The van der Waals surface area contributed by atoms with Gasteiger partial charge in [0.05, 0.1) is 4.88 Å². The van der Waals surface area contributed by atoms with Crippen molar-refractivity contribution in [3.05, 3.63) is 34.3 Å². The number of aliphatic imine (C=N–C) groups is 1. The summed E-state index contributed by atoms with van der Waals surface area (Å²) in [7, 11) is 0. The molecule has 5 nitrogen and oxygen atoms in total. The monoisotopic (exact) mass is 369 g/mol. The third kappa shape index (κ3) is 3.23. The van der Waals surface area contributed by atoms with E-state index in [1.165, 1.54) is 16.5 Å². The highest BCUT2D eigenvalue weighted by atomic mass is 32.1. The second kappa shape index (κ2) is 7.37. The summed E-state index contributed by atoms with van der Waals surface area (Å²) in [5, 5.41) is 1.32. The molecule has 2 aliphatic rings. The van der Waals surface area contributed by atoms with Gasteiger partial charge in [0.1, 0.15) is 16.5 Å². The average Bonchev–Trinajstić information content (AvgIpc) is 2.99. The highest BCUT2D eigenvalue weighted by Gasteiger charge is 2.23. The van der Waals surface area contributed by atoms with Crippen molar-refractivity contribution in [2.75, 3.05) is 18.0 Å². The lowest BCUT2D eigenvalue weighted by Gasteiger charge is -2.31. The van der Waals surface area contributed by atoms with Gasteiger partial charge in [0.2, 0.25) is 0 Å². The van der Waals surface area contributed by atoms with Gasteiger partial charge in [-0.2, -0.15) is 0 Å². The molecule has 2 aromatic heterocycles. The number of rotatable bonds is 3. The number of anilines is 1. The van der Waals surface area contributed by atoms with Crippen molar-refractivity contribution in [2.45, 2.75) is 51.5 Å². The Morgan fingerprint density at radius 3 is 2.88 bits per heavy atom. The zero-order valence-electron chi connectivity index (χ0n) is 15.4. The first-order valence-corrected chi connectivity index (χ1v) is 10.4. The predicted molar refractivity (Wildman–Crippen MR) is 111 cm³/mol. The number of pyridine rings is 1. The number of aromatic nitrogens is 1. The Balaban J connectivity index is 1.83. The fourth-order valence-corrected chi connectivity index (χ4v) is 5.10. The van der Waals surface area contributed by atoms with Crippen LogP contribution in [0.2, 0.25) is 0 Å². The second-order valence-corrected chi connectivity index (χ2v) is 8.24. The van der Waals surface area contributed by atoms with Crippen LogP contribution in [0.1, 0.15) is 48.6 Å². The van der Waals surface area contributed by atoms with E-state index in [0.29, 0.717) is 11.9 Å². The van der Waals surface area contributed by atoms with Crippen molar-refractivity contribution < 1.29 is 0 Å². The Morgan fingerprint density at radius 2 is 2.12 bits per heavy atom. The number of nitrogens with zero attached hydrogens (tertiary/aromatic N) is 3. The molecule has 4 rings (SSSR count). The number of allylic oxidation sites excluding steroid dienone is 1. The third-order valence-electron chi connectivity index (χ3n) is 5.32. The Kier molecular flexibility index (Phi) is 4.96. The van der Waals surface area contributed by atoms with E-state index in [0.717, 1.165) is 67.1 Å². The number of nitrogens with two attached hydrogens (primary N) is 2. The summed E-state index contributed by atoms with van der Waals surface area (Å²) in [5.41, 5.74) is 15.1. The Hall–Kier alpha value is -1.92. The third-order valence-corrected chi connectivity index (χ3v) is 6.47. The smallest absolute Gasteiger partial charge is 0.141 e. The number of amidine groups is 1. The fraction of sp³-hybridized carbons (Fsp3) is 0.500. The second-order valence-electron chi connectivity index (χ2n) is 7.24. The van der Waals surface area contributed by atoms with Gasteiger partial charge in [-0.3, -0.25) is 0 Å². The molecule has 2 aliphatic heterocycles. The van der Waals surface area contributed by atoms with Crippen LogP contribution < -0.4 is 16.4 Å². The summed E-state index contributed by atoms with van der Waals surface area (Å²) in [5.74, 6) is 1.71. The van der Waals surface area contributed by atoms with Crippen LogP contribution in [0.25, 0.3) is 10.2 Å². The lowest BCUT2D eigenvalue weighted by molar-refractivity contribution is 0.499. The van der Waals surface area contributed by atoms with Gasteiger partial charge in [-0.15, -0.1) is 11.3 Å². The van der Waals surface area contributed by atoms with Crippen LogP contribution in [0.5, 0.6) is 0 Å². The summed E-state index contributed by atoms with van der Waals surface area (Å²) >= 11 is 1.70. The molecule has 4 N–H and O–H groups in total.